The fraction of sp³-hybridized carbons (Fsp3) is 0.500. The molecule has 1 aliphatic carbocycles. The molecule has 0 spiro atoms. The van der Waals surface area contributed by atoms with Crippen molar-refractivity contribution in [3.05, 3.63) is 52.8 Å². The number of carbonyl (C=O) groups excluding carboxylic acids is 1. The molecule has 0 bridgehead atoms. The highest BCUT2D eigenvalue weighted by molar-refractivity contribution is 5.92. The maximum absolute atomic E-state index is 13.0. The Hall–Kier alpha value is -2.10. The summed E-state index contributed by atoms with van der Waals surface area (Å²) in [5, 5.41) is 4.70. The maximum Gasteiger partial charge on any atom is 0.274 e. The third-order valence-electron chi connectivity index (χ3n) is 5.00. The van der Waals surface area contributed by atoms with Gasteiger partial charge < -0.3 is 4.90 Å². The molecular formula is C20H25N3O. The molecule has 1 amide bonds. The fourth-order valence-corrected chi connectivity index (χ4v) is 3.54. The van der Waals surface area contributed by atoms with Crippen LogP contribution in [0.3, 0.4) is 0 Å². The molecule has 0 unspecified atom stereocenters. The molecule has 4 rings (SSSR count). The van der Waals surface area contributed by atoms with E-state index in [1.165, 1.54) is 29.7 Å². The van der Waals surface area contributed by atoms with Gasteiger partial charge in [0.1, 0.15) is 0 Å². The Morgan fingerprint density at radius 2 is 1.88 bits per heavy atom. The molecule has 0 saturated heterocycles. The van der Waals surface area contributed by atoms with Crippen molar-refractivity contribution in [2.75, 3.05) is 6.54 Å². The van der Waals surface area contributed by atoms with E-state index in [-0.39, 0.29) is 11.4 Å². The number of nitrogens with zero attached hydrogens (tertiary/aromatic N) is 3. The van der Waals surface area contributed by atoms with Crippen LogP contribution in [0.5, 0.6) is 0 Å². The topological polar surface area (TPSA) is 38.1 Å². The van der Waals surface area contributed by atoms with E-state index >= 15 is 0 Å². The molecule has 4 nitrogen and oxygen atoms in total. The lowest BCUT2D eigenvalue weighted by molar-refractivity contribution is 0.0727. The molecule has 1 aliphatic heterocycles. The zero-order valence-corrected chi connectivity index (χ0v) is 14.7. The van der Waals surface area contributed by atoms with Crippen molar-refractivity contribution in [3.8, 4) is 0 Å². The second-order valence-electron chi connectivity index (χ2n) is 8.06. The molecule has 4 heteroatoms. The highest BCUT2D eigenvalue weighted by Gasteiger charge is 2.33. The summed E-state index contributed by atoms with van der Waals surface area (Å²) in [4.78, 5) is 14.9. The van der Waals surface area contributed by atoms with E-state index < -0.39 is 0 Å². The van der Waals surface area contributed by atoms with Crippen LogP contribution in [0, 0.1) is 0 Å². The number of rotatable bonds is 2. The zero-order valence-electron chi connectivity index (χ0n) is 14.7. The lowest BCUT2D eigenvalue weighted by Gasteiger charge is -2.28. The Labute approximate surface area is 143 Å². The molecule has 1 fully saturated rings. The number of carbonyl (C=O) groups is 1. The van der Waals surface area contributed by atoms with Gasteiger partial charge in [0.15, 0.2) is 5.69 Å². The highest BCUT2D eigenvalue weighted by Crippen LogP contribution is 2.41. The van der Waals surface area contributed by atoms with Crippen LogP contribution in [-0.4, -0.2) is 27.1 Å². The third-order valence-corrected chi connectivity index (χ3v) is 5.00. The van der Waals surface area contributed by atoms with E-state index in [9.17, 15) is 4.79 Å². The molecule has 1 aromatic carbocycles. The Kier molecular flexibility index (Phi) is 3.52. The van der Waals surface area contributed by atoms with Crippen LogP contribution in [0.15, 0.2) is 30.3 Å². The van der Waals surface area contributed by atoms with Crippen molar-refractivity contribution in [1.82, 2.24) is 14.7 Å². The first kappa shape index (κ1) is 15.4. The van der Waals surface area contributed by atoms with Crippen molar-refractivity contribution >= 4 is 5.91 Å². The van der Waals surface area contributed by atoms with Gasteiger partial charge in [-0.3, -0.25) is 9.48 Å². The lowest BCUT2D eigenvalue weighted by atomic mass is 10.00. The van der Waals surface area contributed by atoms with Crippen LogP contribution in [0.25, 0.3) is 0 Å². The second kappa shape index (κ2) is 5.47. The quantitative estimate of drug-likeness (QED) is 0.845. The van der Waals surface area contributed by atoms with Crippen LogP contribution < -0.4 is 0 Å². The monoisotopic (exact) mass is 323 g/mol. The predicted octanol–water partition coefficient (Wildman–Crippen LogP) is 3.71. The summed E-state index contributed by atoms with van der Waals surface area (Å²) in [6.45, 7) is 7.92. The summed E-state index contributed by atoms with van der Waals surface area (Å²) < 4.78 is 2.07. The van der Waals surface area contributed by atoms with Gasteiger partial charge >= 0.3 is 0 Å². The Morgan fingerprint density at radius 1 is 1.17 bits per heavy atom. The van der Waals surface area contributed by atoms with Gasteiger partial charge in [-0.1, -0.05) is 24.3 Å². The number of hydrogen-bond donors (Lipinski definition) is 0. The van der Waals surface area contributed by atoms with Crippen molar-refractivity contribution in [1.29, 1.82) is 0 Å². The normalized spacial score (nSPS) is 17.7. The van der Waals surface area contributed by atoms with Crippen LogP contribution in [0.1, 0.15) is 66.8 Å². The fourth-order valence-electron chi connectivity index (χ4n) is 3.54. The predicted molar refractivity (Wildman–Crippen MR) is 94.1 cm³/mol. The molecule has 0 N–H and O–H groups in total. The maximum atomic E-state index is 13.0. The van der Waals surface area contributed by atoms with Crippen LogP contribution in [0.2, 0.25) is 0 Å². The molecule has 0 atom stereocenters. The molecule has 2 aromatic rings. The Morgan fingerprint density at radius 3 is 2.54 bits per heavy atom. The van der Waals surface area contributed by atoms with Gasteiger partial charge in [0.2, 0.25) is 0 Å². The third kappa shape index (κ3) is 2.74. The average Bonchev–Trinajstić information content (AvgIpc) is 3.30. The number of amides is 1. The van der Waals surface area contributed by atoms with Gasteiger partial charge in [0.05, 0.1) is 5.54 Å². The summed E-state index contributed by atoms with van der Waals surface area (Å²) >= 11 is 0. The summed E-state index contributed by atoms with van der Waals surface area (Å²) in [5.74, 6) is 0.648. The Bertz CT molecular complexity index is 780. The number of aromatic nitrogens is 2. The summed E-state index contributed by atoms with van der Waals surface area (Å²) in [6.07, 6.45) is 3.36. The average molecular weight is 323 g/mol. The summed E-state index contributed by atoms with van der Waals surface area (Å²) in [5.41, 5.74) is 4.36. The van der Waals surface area contributed by atoms with Gasteiger partial charge in [-0.05, 0) is 57.2 Å². The van der Waals surface area contributed by atoms with E-state index in [1.807, 2.05) is 17.0 Å². The van der Waals surface area contributed by atoms with Crippen LogP contribution in [0.4, 0.5) is 0 Å². The van der Waals surface area contributed by atoms with Gasteiger partial charge in [0.25, 0.3) is 5.91 Å². The minimum atomic E-state index is -0.0923. The number of hydrogen-bond acceptors (Lipinski definition) is 2. The molecule has 24 heavy (non-hydrogen) atoms. The standard InChI is InChI=1S/C20H25N3O/c1-20(2,3)23-18(15-8-9-15)12-17(21-23)19(24)22-11-10-14-6-4-5-7-16(14)13-22/h4-7,12,15H,8-11,13H2,1-3H3. The molecule has 126 valence electrons. The van der Waals surface area contributed by atoms with Gasteiger partial charge in [-0.15, -0.1) is 0 Å². The SMILES string of the molecule is CC(C)(C)n1nc(C(=O)N2CCc3ccccc3C2)cc1C1CC1. The van der Waals surface area contributed by atoms with Crippen molar-refractivity contribution < 1.29 is 4.79 Å². The molecule has 1 saturated carbocycles. The van der Waals surface area contributed by atoms with Crippen LogP contribution >= 0.6 is 0 Å². The largest absolute Gasteiger partial charge is 0.333 e. The van der Waals surface area contributed by atoms with E-state index in [0.29, 0.717) is 18.2 Å². The first-order valence-corrected chi connectivity index (χ1v) is 8.90. The van der Waals surface area contributed by atoms with E-state index in [4.69, 9.17) is 5.10 Å². The Balaban J connectivity index is 1.61. The first-order valence-electron chi connectivity index (χ1n) is 8.90. The zero-order chi connectivity index (χ0) is 16.9. The summed E-state index contributed by atoms with van der Waals surface area (Å²) in [7, 11) is 0. The molecule has 1 aromatic heterocycles. The van der Waals surface area contributed by atoms with Crippen molar-refractivity contribution in [2.24, 2.45) is 0 Å². The highest BCUT2D eigenvalue weighted by atomic mass is 16.2. The smallest absolute Gasteiger partial charge is 0.274 e. The number of benzene rings is 1. The molecule has 0 radical (unpaired) electrons. The van der Waals surface area contributed by atoms with E-state index in [0.717, 1.165) is 13.0 Å². The minimum Gasteiger partial charge on any atom is -0.333 e. The summed E-state index contributed by atoms with van der Waals surface area (Å²) in [6, 6.07) is 10.4. The lowest BCUT2D eigenvalue weighted by Crippen LogP contribution is -2.36. The van der Waals surface area contributed by atoms with Gasteiger partial charge in [0, 0.05) is 24.7 Å². The molecule has 2 heterocycles. The van der Waals surface area contributed by atoms with Crippen molar-refractivity contribution in [3.63, 3.8) is 0 Å². The second-order valence-corrected chi connectivity index (χ2v) is 8.06. The van der Waals surface area contributed by atoms with Gasteiger partial charge in [-0.25, -0.2) is 0 Å². The number of fused-ring (bicyclic) bond motifs is 1. The van der Waals surface area contributed by atoms with Crippen LogP contribution in [-0.2, 0) is 18.5 Å². The molecular weight excluding hydrogens is 298 g/mol. The minimum absolute atomic E-state index is 0.0643. The van der Waals surface area contributed by atoms with E-state index in [2.05, 4.69) is 43.7 Å². The van der Waals surface area contributed by atoms with Gasteiger partial charge in [-0.2, -0.15) is 5.10 Å². The first-order chi connectivity index (χ1) is 11.4. The van der Waals surface area contributed by atoms with Crippen molar-refractivity contribution in [2.45, 2.75) is 58.0 Å². The molecule has 2 aliphatic rings. The van der Waals surface area contributed by atoms with E-state index in [1.54, 1.807) is 0 Å².